The molecule has 0 radical (unpaired) electrons. The van der Waals surface area contributed by atoms with Crippen LogP contribution in [0.3, 0.4) is 0 Å². The predicted molar refractivity (Wildman–Crippen MR) is 71.9 cm³/mol. The Kier molecular flexibility index (Phi) is 4.18. The van der Waals surface area contributed by atoms with E-state index in [0.29, 0.717) is 17.7 Å². The summed E-state index contributed by atoms with van der Waals surface area (Å²) in [6.45, 7) is 2.22. The van der Waals surface area contributed by atoms with Gasteiger partial charge in [0.05, 0.1) is 0 Å². The Morgan fingerprint density at radius 3 is 3.00 bits per heavy atom. The lowest BCUT2D eigenvalue weighted by molar-refractivity contribution is 0.0903. The van der Waals surface area contributed by atoms with Gasteiger partial charge in [0.25, 0.3) is 0 Å². The molecule has 18 heavy (non-hydrogen) atoms. The third kappa shape index (κ3) is 3.00. The summed E-state index contributed by atoms with van der Waals surface area (Å²) >= 11 is 0. The number of nitrogens with zero attached hydrogens (tertiary/aromatic N) is 1. The molecule has 0 amide bonds. The number of hydrogen-bond donors (Lipinski definition) is 2. The number of nitrogens with one attached hydrogen (secondary N) is 1. The zero-order valence-corrected chi connectivity index (χ0v) is 10.9. The van der Waals surface area contributed by atoms with Crippen LogP contribution in [0, 0.1) is 11.3 Å². The summed E-state index contributed by atoms with van der Waals surface area (Å²) in [4.78, 5) is 4.04. The van der Waals surface area contributed by atoms with Gasteiger partial charge in [0.15, 0.2) is 0 Å². The molecular weight excluding hydrogens is 226 g/mol. The Bertz CT molecular complexity index is 419. The van der Waals surface area contributed by atoms with E-state index in [4.69, 9.17) is 15.9 Å². The Labute approximate surface area is 108 Å². The van der Waals surface area contributed by atoms with Crippen LogP contribution in [0.4, 0.5) is 0 Å². The zero-order chi connectivity index (χ0) is 13.0. The Morgan fingerprint density at radius 1 is 1.50 bits per heavy atom. The molecule has 1 aliphatic carbocycles. The van der Waals surface area contributed by atoms with E-state index in [9.17, 15) is 0 Å². The molecule has 1 aromatic rings. The average molecular weight is 247 g/mol. The van der Waals surface area contributed by atoms with Crippen LogP contribution >= 0.6 is 0 Å². The number of amidine groups is 1. The minimum Gasteiger partial charge on any atom is -0.490 e. The number of nitrogens with two attached hydrogens (primary N) is 1. The zero-order valence-electron chi connectivity index (χ0n) is 10.9. The minimum absolute atomic E-state index is 0.0175. The number of hydrogen-bond acceptors (Lipinski definition) is 3. The monoisotopic (exact) mass is 247 g/mol. The molecule has 1 fully saturated rings. The smallest absolute Gasteiger partial charge is 0.141 e. The van der Waals surface area contributed by atoms with Gasteiger partial charge in [-0.3, -0.25) is 10.4 Å². The van der Waals surface area contributed by atoms with Crippen LogP contribution in [0.5, 0.6) is 5.75 Å². The van der Waals surface area contributed by atoms with Crippen LogP contribution < -0.4 is 10.5 Å². The second-order valence-corrected chi connectivity index (χ2v) is 4.90. The largest absolute Gasteiger partial charge is 0.490 e. The second-order valence-electron chi connectivity index (χ2n) is 4.90. The lowest BCUT2D eigenvalue weighted by atomic mass is 9.85. The number of rotatable bonds is 4. The number of pyridine rings is 1. The van der Waals surface area contributed by atoms with Crippen LogP contribution in [0.1, 0.15) is 44.7 Å². The molecule has 98 valence electrons. The molecule has 3 N–H and O–H groups in total. The number of nitrogen functional groups attached to an aromatic ring is 1. The molecule has 4 heteroatoms. The molecule has 1 saturated carbocycles. The SMILES string of the molecule is CCC1CCCCC1Oc1ccnc(C(=N)N)c1. The second kappa shape index (κ2) is 5.85. The maximum Gasteiger partial charge on any atom is 0.141 e. The quantitative estimate of drug-likeness (QED) is 0.634. The summed E-state index contributed by atoms with van der Waals surface area (Å²) in [6, 6.07) is 3.59. The Morgan fingerprint density at radius 2 is 2.28 bits per heavy atom. The molecule has 0 bridgehead atoms. The van der Waals surface area contributed by atoms with E-state index in [1.165, 1.54) is 19.3 Å². The molecule has 1 aliphatic rings. The summed E-state index contributed by atoms with van der Waals surface area (Å²) in [6.07, 6.45) is 8.04. The Hall–Kier alpha value is -1.58. The molecule has 2 rings (SSSR count). The van der Waals surface area contributed by atoms with Crippen LogP contribution in [-0.2, 0) is 0 Å². The minimum atomic E-state index is -0.0175. The van der Waals surface area contributed by atoms with Gasteiger partial charge in [-0.1, -0.05) is 13.3 Å². The summed E-state index contributed by atoms with van der Waals surface area (Å²) < 4.78 is 6.06. The first-order chi connectivity index (χ1) is 8.70. The van der Waals surface area contributed by atoms with Crippen molar-refractivity contribution in [3.63, 3.8) is 0 Å². The summed E-state index contributed by atoms with van der Waals surface area (Å²) in [5.74, 6) is 1.41. The van der Waals surface area contributed by atoms with Crippen molar-refractivity contribution in [3.8, 4) is 5.75 Å². The third-order valence-electron chi connectivity index (χ3n) is 3.66. The molecule has 0 saturated heterocycles. The van der Waals surface area contributed by atoms with Crippen molar-refractivity contribution in [2.24, 2.45) is 11.7 Å². The lowest BCUT2D eigenvalue weighted by Gasteiger charge is -2.31. The van der Waals surface area contributed by atoms with Gasteiger partial charge in [-0.2, -0.15) is 0 Å². The van der Waals surface area contributed by atoms with Crippen molar-refractivity contribution in [3.05, 3.63) is 24.0 Å². The highest BCUT2D eigenvalue weighted by atomic mass is 16.5. The van der Waals surface area contributed by atoms with Gasteiger partial charge in [-0.15, -0.1) is 0 Å². The van der Waals surface area contributed by atoms with Gasteiger partial charge in [0.2, 0.25) is 0 Å². The first-order valence-electron chi connectivity index (χ1n) is 6.67. The van der Waals surface area contributed by atoms with Gasteiger partial charge in [-0.05, 0) is 37.7 Å². The van der Waals surface area contributed by atoms with Crippen molar-refractivity contribution in [1.29, 1.82) is 5.41 Å². The molecule has 1 heterocycles. The van der Waals surface area contributed by atoms with Gasteiger partial charge in [0.1, 0.15) is 23.4 Å². The summed E-state index contributed by atoms with van der Waals surface area (Å²) in [5, 5.41) is 7.39. The predicted octanol–water partition coefficient (Wildman–Crippen LogP) is 2.71. The van der Waals surface area contributed by atoms with E-state index in [1.807, 2.05) is 6.07 Å². The molecular formula is C14H21N3O. The Balaban J connectivity index is 2.07. The van der Waals surface area contributed by atoms with Crippen LogP contribution in [0.15, 0.2) is 18.3 Å². The van der Waals surface area contributed by atoms with E-state index in [2.05, 4.69) is 11.9 Å². The molecule has 0 spiro atoms. The summed E-state index contributed by atoms with van der Waals surface area (Å²) in [7, 11) is 0. The van der Waals surface area contributed by atoms with Crippen LogP contribution in [0.2, 0.25) is 0 Å². The molecule has 2 unspecified atom stereocenters. The molecule has 4 nitrogen and oxygen atoms in total. The van der Waals surface area contributed by atoms with E-state index in [-0.39, 0.29) is 5.84 Å². The average Bonchev–Trinajstić information content (AvgIpc) is 2.39. The van der Waals surface area contributed by atoms with Crippen molar-refractivity contribution >= 4 is 5.84 Å². The molecule has 0 aliphatic heterocycles. The van der Waals surface area contributed by atoms with Gasteiger partial charge < -0.3 is 10.5 Å². The molecule has 1 aromatic heterocycles. The lowest BCUT2D eigenvalue weighted by Crippen LogP contribution is -2.30. The maximum atomic E-state index is 7.39. The van der Waals surface area contributed by atoms with Gasteiger partial charge >= 0.3 is 0 Å². The maximum absolute atomic E-state index is 7.39. The van der Waals surface area contributed by atoms with Crippen molar-refractivity contribution in [2.45, 2.75) is 45.1 Å². The van der Waals surface area contributed by atoms with E-state index in [1.54, 1.807) is 12.3 Å². The first-order valence-corrected chi connectivity index (χ1v) is 6.67. The van der Waals surface area contributed by atoms with Crippen molar-refractivity contribution in [1.82, 2.24) is 4.98 Å². The fourth-order valence-electron chi connectivity index (χ4n) is 2.60. The first kappa shape index (κ1) is 12.9. The van der Waals surface area contributed by atoms with Crippen LogP contribution in [-0.4, -0.2) is 16.9 Å². The fraction of sp³-hybridized carbons (Fsp3) is 0.571. The normalized spacial score (nSPS) is 23.6. The molecule has 2 atom stereocenters. The van der Waals surface area contributed by atoms with Gasteiger partial charge in [0, 0.05) is 12.3 Å². The molecule has 0 aromatic carbocycles. The number of ether oxygens (including phenoxy) is 1. The standard InChI is InChI=1S/C14H21N3O/c1-2-10-5-3-4-6-13(10)18-11-7-8-17-12(9-11)14(15)16/h7-10,13H,2-6H2,1H3,(H3,15,16). The third-order valence-corrected chi connectivity index (χ3v) is 3.66. The van der Waals surface area contributed by atoms with Gasteiger partial charge in [-0.25, -0.2) is 0 Å². The highest BCUT2D eigenvalue weighted by Gasteiger charge is 2.25. The van der Waals surface area contributed by atoms with Crippen molar-refractivity contribution in [2.75, 3.05) is 0 Å². The van der Waals surface area contributed by atoms with Crippen LogP contribution in [0.25, 0.3) is 0 Å². The fourth-order valence-corrected chi connectivity index (χ4v) is 2.60. The number of aromatic nitrogens is 1. The van der Waals surface area contributed by atoms with E-state index >= 15 is 0 Å². The highest BCUT2D eigenvalue weighted by Crippen LogP contribution is 2.30. The topological polar surface area (TPSA) is 72.0 Å². The summed E-state index contributed by atoms with van der Waals surface area (Å²) in [5.41, 5.74) is 5.92. The van der Waals surface area contributed by atoms with E-state index < -0.39 is 0 Å². The highest BCUT2D eigenvalue weighted by molar-refractivity contribution is 5.93. The van der Waals surface area contributed by atoms with E-state index in [0.717, 1.165) is 18.6 Å². The van der Waals surface area contributed by atoms with Crippen molar-refractivity contribution < 1.29 is 4.74 Å².